The summed E-state index contributed by atoms with van der Waals surface area (Å²) in [4.78, 5) is 11.6. The predicted octanol–water partition coefficient (Wildman–Crippen LogP) is 2.06. The number of aromatic nitrogens is 5. The third-order valence-electron chi connectivity index (χ3n) is 4.37. The van der Waals surface area contributed by atoms with Crippen LogP contribution in [0.1, 0.15) is 23.3 Å². The van der Waals surface area contributed by atoms with Gasteiger partial charge >= 0.3 is 0 Å². The number of nitrogens with zero attached hydrogens (tertiary/aromatic N) is 4. The molecule has 0 spiro atoms. The molecule has 0 unspecified atom stereocenters. The lowest BCUT2D eigenvalue weighted by Crippen LogP contribution is -2.22. The van der Waals surface area contributed by atoms with Crippen molar-refractivity contribution in [1.29, 1.82) is 0 Å². The van der Waals surface area contributed by atoms with Gasteiger partial charge in [-0.25, -0.2) is 4.68 Å². The van der Waals surface area contributed by atoms with Gasteiger partial charge in [-0.2, -0.15) is 5.10 Å². The number of aldehydes is 1. The first-order chi connectivity index (χ1) is 11.3. The minimum atomic E-state index is 0.480. The average molecular weight is 311 g/mol. The molecule has 0 atom stereocenters. The van der Waals surface area contributed by atoms with E-state index in [0.717, 1.165) is 48.8 Å². The average Bonchev–Trinajstić information content (AvgIpc) is 3.21. The predicted molar refractivity (Wildman–Crippen MR) is 84.0 cm³/mol. The molecule has 1 saturated heterocycles. The van der Waals surface area contributed by atoms with Gasteiger partial charge in [-0.3, -0.25) is 9.89 Å². The maximum absolute atomic E-state index is 11.6. The summed E-state index contributed by atoms with van der Waals surface area (Å²) in [6.07, 6.45) is 4.59. The molecule has 3 heterocycles. The van der Waals surface area contributed by atoms with Gasteiger partial charge in [0.25, 0.3) is 0 Å². The Labute approximate surface area is 132 Å². The first-order valence-corrected chi connectivity index (χ1v) is 7.75. The fraction of sp³-hybridized carbons (Fsp3) is 0.375. The second-order valence-corrected chi connectivity index (χ2v) is 5.85. The van der Waals surface area contributed by atoms with Crippen LogP contribution in [0.3, 0.4) is 0 Å². The van der Waals surface area contributed by atoms with Gasteiger partial charge in [-0.05, 0) is 30.9 Å². The van der Waals surface area contributed by atoms with Gasteiger partial charge in [-0.15, -0.1) is 5.10 Å². The highest BCUT2D eigenvalue weighted by Crippen LogP contribution is 2.25. The van der Waals surface area contributed by atoms with E-state index < -0.39 is 0 Å². The largest absolute Gasteiger partial charge is 0.381 e. The Balaban J connectivity index is 1.67. The van der Waals surface area contributed by atoms with Crippen LogP contribution >= 0.6 is 0 Å². The Kier molecular flexibility index (Phi) is 3.63. The molecule has 4 rings (SSSR count). The number of hydrogen-bond donors (Lipinski definition) is 1. The second-order valence-electron chi connectivity index (χ2n) is 5.85. The van der Waals surface area contributed by atoms with Gasteiger partial charge in [0.05, 0.1) is 11.7 Å². The van der Waals surface area contributed by atoms with Crippen molar-refractivity contribution >= 4 is 17.2 Å². The van der Waals surface area contributed by atoms with Crippen molar-refractivity contribution in [2.45, 2.75) is 19.4 Å². The number of benzene rings is 1. The van der Waals surface area contributed by atoms with Crippen LogP contribution in [0, 0.1) is 5.92 Å². The number of H-pyrrole nitrogens is 1. The maximum Gasteiger partial charge on any atom is 0.170 e. The maximum atomic E-state index is 11.6. The van der Waals surface area contributed by atoms with E-state index in [0.29, 0.717) is 23.9 Å². The Hall–Kier alpha value is -2.54. The molecule has 1 fully saturated rings. The number of fused-ring (bicyclic) bond motifs is 1. The normalized spacial score (nSPS) is 16.0. The highest BCUT2D eigenvalue weighted by Gasteiger charge is 2.20. The van der Waals surface area contributed by atoms with Crippen LogP contribution in [0.4, 0.5) is 0 Å². The van der Waals surface area contributed by atoms with Crippen molar-refractivity contribution < 1.29 is 9.53 Å². The molecule has 7 heteroatoms. The SMILES string of the molecule is O=Cc1c(-c2ccc3[nH]ncc3c2)nnn1CC1CCOCC1. The highest BCUT2D eigenvalue weighted by molar-refractivity contribution is 5.88. The van der Waals surface area contributed by atoms with Gasteiger partial charge in [0, 0.05) is 30.7 Å². The van der Waals surface area contributed by atoms with Crippen molar-refractivity contribution in [3.8, 4) is 11.3 Å². The molecule has 0 bridgehead atoms. The summed E-state index contributed by atoms with van der Waals surface area (Å²) in [5.74, 6) is 0.480. The van der Waals surface area contributed by atoms with E-state index in [9.17, 15) is 4.79 Å². The van der Waals surface area contributed by atoms with Crippen LogP contribution in [0.2, 0.25) is 0 Å². The van der Waals surface area contributed by atoms with Crippen molar-refractivity contribution in [1.82, 2.24) is 25.2 Å². The third kappa shape index (κ3) is 2.63. The summed E-state index contributed by atoms with van der Waals surface area (Å²) in [7, 11) is 0. The van der Waals surface area contributed by atoms with E-state index in [-0.39, 0.29) is 0 Å². The molecule has 0 radical (unpaired) electrons. The Morgan fingerprint density at radius 3 is 3.04 bits per heavy atom. The van der Waals surface area contributed by atoms with Gasteiger partial charge < -0.3 is 4.74 Å². The molecule has 0 aliphatic carbocycles. The smallest absolute Gasteiger partial charge is 0.170 e. The van der Waals surface area contributed by atoms with Gasteiger partial charge in [0.2, 0.25) is 0 Å². The van der Waals surface area contributed by atoms with Crippen molar-refractivity contribution in [3.05, 3.63) is 30.1 Å². The Morgan fingerprint density at radius 1 is 1.35 bits per heavy atom. The van der Waals surface area contributed by atoms with Crippen LogP contribution in [0.15, 0.2) is 24.4 Å². The summed E-state index contributed by atoms with van der Waals surface area (Å²) in [5, 5.41) is 16.3. The van der Waals surface area contributed by atoms with Crippen LogP contribution in [-0.2, 0) is 11.3 Å². The summed E-state index contributed by atoms with van der Waals surface area (Å²) in [6.45, 7) is 2.26. The first-order valence-electron chi connectivity index (χ1n) is 7.75. The zero-order valence-corrected chi connectivity index (χ0v) is 12.6. The quantitative estimate of drug-likeness (QED) is 0.745. The Bertz CT molecular complexity index is 832. The van der Waals surface area contributed by atoms with Crippen molar-refractivity contribution in [3.63, 3.8) is 0 Å². The van der Waals surface area contributed by atoms with Crippen LogP contribution in [0.25, 0.3) is 22.2 Å². The van der Waals surface area contributed by atoms with E-state index in [1.807, 2.05) is 18.2 Å². The minimum Gasteiger partial charge on any atom is -0.381 e. The lowest BCUT2D eigenvalue weighted by molar-refractivity contribution is 0.0597. The molecule has 118 valence electrons. The van der Waals surface area contributed by atoms with Crippen LogP contribution in [-0.4, -0.2) is 44.7 Å². The highest BCUT2D eigenvalue weighted by atomic mass is 16.5. The topological polar surface area (TPSA) is 85.7 Å². The van der Waals surface area contributed by atoms with E-state index in [4.69, 9.17) is 4.74 Å². The minimum absolute atomic E-state index is 0.480. The molecule has 0 saturated carbocycles. The third-order valence-corrected chi connectivity index (χ3v) is 4.37. The van der Waals surface area contributed by atoms with Crippen LogP contribution in [0.5, 0.6) is 0 Å². The number of rotatable bonds is 4. The fourth-order valence-corrected chi connectivity index (χ4v) is 3.04. The number of aromatic amines is 1. The van der Waals surface area contributed by atoms with E-state index >= 15 is 0 Å². The molecule has 7 nitrogen and oxygen atoms in total. The summed E-state index contributed by atoms with van der Waals surface area (Å²) in [6, 6.07) is 5.83. The van der Waals surface area contributed by atoms with Crippen LogP contribution < -0.4 is 0 Å². The fourth-order valence-electron chi connectivity index (χ4n) is 3.04. The van der Waals surface area contributed by atoms with Gasteiger partial charge in [0.1, 0.15) is 11.4 Å². The number of ether oxygens (including phenoxy) is 1. The van der Waals surface area contributed by atoms with E-state index in [2.05, 4.69) is 20.5 Å². The molecule has 3 aromatic rings. The zero-order valence-electron chi connectivity index (χ0n) is 12.6. The van der Waals surface area contributed by atoms with Crippen molar-refractivity contribution in [2.75, 3.05) is 13.2 Å². The molecular weight excluding hydrogens is 294 g/mol. The molecule has 1 N–H and O–H groups in total. The van der Waals surface area contributed by atoms with Gasteiger partial charge in [-0.1, -0.05) is 11.3 Å². The van der Waals surface area contributed by atoms with E-state index in [1.165, 1.54) is 0 Å². The zero-order chi connectivity index (χ0) is 15.6. The molecule has 1 aromatic carbocycles. The molecule has 1 aliphatic heterocycles. The monoisotopic (exact) mass is 311 g/mol. The lowest BCUT2D eigenvalue weighted by Gasteiger charge is -2.21. The van der Waals surface area contributed by atoms with Gasteiger partial charge in [0.15, 0.2) is 6.29 Å². The molecule has 0 amide bonds. The summed E-state index contributed by atoms with van der Waals surface area (Å²) >= 11 is 0. The summed E-state index contributed by atoms with van der Waals surface area (Å²) < 4.78 is 7.10. The molecule has 1 aliphatic rings. The van der Waals surface area contributed by atoms with E-state index in [1.54, 1.807) is 10.9 Å². The number of carbonyl (C=O) groups excluding carboxylic acids is 1. The second kappa shape index (κ2) is 5.92. The number of hydrogen-bond acceptors (Lipinski definition) is 5. The number of nitrogens with one attached hydrogen (secondary N) is 1. The molecule has 2 aromatic heterocycles. The standard InChI is InChI=1S/C16H17N5O2/c22-10-15-16(12-1-2-14-13(7-12)8-17-18-14)19-20-21(15)9-11-3-5-23-6-4-11/h1-2,7-8,10-11H,3-6,9H2,(H,17,18). The summed E-state index contributed by atoms with van der Waals surface area (Å²) in [5.41, 5.74) is 2.98. The lowest BCUT2D eigenvalue weighted by atomic mass is 10.0. The van der Waals surface area contributed by atoms with Crippen molar-refractivity contribution in [2.24, 2.45) is 5.92 Å². The number of carbonyl (C=O) groups is 1. The molecule has 23 heavy (non-hydrogen) atoms. The Morgan fingerprint density at radius 2 is 2.22 bits per heavy atom. The molecular formula is C16H17N5O2. The first kappa shape index (κ1) is 14.1.